The zero-order valence-corrected chi connectivity index (χ0v) is 17.5. The summed E-state index contributed by atoms with van der Waals surface area (Å²) >= 11 is 0. The molecule has 4 nitrogen and oxygen atoms in total. The number of rotatable bonds is 3. The number of pyridine rings is 4. The molecule has 4 heterocycles. The Hall–Kier alpha value is -3.39. The van der Waals surface area contributed by atoms with Gasteiger partial charge in [-0.25, -0.2) is 4.98 Å². The molecule has 4 rings (SSSR count). The Labute approximate surface area is 179 Å². The van der Waals surface area contributed by atoms with Crippen molar-refractivity contribution in [1.82, 2.24) is 15.0 Å². The maximum atomic E-state index is 9.87. The molecule has 0 aromatic carbocycles. The molecule has 0 spiro atoms. The normalized spacial score (nSPS) is 13.3. The van der Waals surface area contributed by atoms with Gasteiger partial charge >= 0.3 is 33.0 Å². The Kier molecular flexibility index (Phi) is 5.78. The quantitative estimate of drug-likeness (QED) is 0.183. The van der Waals surface area contributed by atoms with Crippen LogP contribution in [0.1, 0.15) is 0 Å². The number of nitrogens with zero attached hydrogens (tertiary/aromatic N) is 4. The molecule has 4 aromatic heterocycles. The first kappa shape index (κ1) is 23.3. The maximum absolute atomic E-state index is 10.7. The van der Waals surface area contributed by atoms with Crippen LogP contribution in [-0.2, 0) is 7.05 Å². The van der Waals surface area contributed by atoms with Gasteiger partial charge < -0.3 is 0 Å². The molecule has 0 aliphatic heterocycles. The average Bonchev–Trinajstić information content (AvgIpc) is 2.73. The summed E-state index contributed by atoms with van der Waals surface area (Å²) in [5, 5.41) is 0. The first-order valence-corrected chi connectivity index (χ1v) is 11.2. The summed E-state index contributed by atoms with van der Waals surface area (Å²) in [6, 6.07) is 22.0. The van der Waals surface area contributed by atoms with Crippen LogP contribution in [0.3, 0.4) is 0 Å². The third kappa shape index (κ3) is 7.39. The van der Waals surface area contributed by atoms with E-state index in [1.165, 1.54) is 0 Å². The molecule has 0 fully saturated rings. The standard InChI is InChI=1S/C21H17N4.F6P/c1-25-15-5-3-12-20(25)18-11-6-10-17(24-18)16-8-7-14-23-21(16)19-9-2-4-13-22-19;1-7(2,3,4,5)6/h2-15H,1H3;/q+1;-1. The van der Waals surface area contributed by atoms with Gasteiger partial charge in [0.05, 0.1) is 17.1 Å². The Morgan fingerprint density at radius 1 is 0.656 bits per heavy atom. The molecule has 0 saturated carbocycles. The molecule has 0 atom stereocenters. The predicted molar refractivity (Wildman–Crippen MR) is 111 cm³/mol. The summed E-state index contributed by atoms with van der Waals surface area (Å²) in [7, 11) is -8.64. The van der Waals surface area contributed by atoms with Crippen molar-refractivity contribution in [3.05, 3.63) is 85.3 Å². The minimum absolute atomic E-state index is 0.838. The van der Waals surface area contributed by atoms with E-state index >= 15 is 0 Å². The van der Waals surface area contributed by atoms with E-state index in [1.807, 2.05) is 73.9 Å². The molecule has 0 aliphatic rings. The van der Waals surface area contributed by atoms with Gasteiger partial charge in [0.25, 0.3) is 0 Å². The molecule has 0 aliphatic carbocycles. The fourth-order valence-corrected chi connectivity index (χ4v) is 2.84. The SMILES string of the molecule is C[n+]1ccccc1-c1cccc(-c2cccnc2-c2ccccn2)n1.F[P-](F)(F)(F)(F)F. The Bertz CT molecular complexity index is 1220. The first-order valence-electron chi connectivity index (χ1n) is 9.13. The van der Waals surface area contributed by atoms with Gasteiger partial charge in [0.2, 0.25) is 5.69 Å². The van der Waals surface area contributed by atoms with Crippen LogP contribution < -0.4 is 4.57 Å². The van der Waals surface area contributed by atoms with E-state index < -0.39 is 7.81 Å². The molecule has 0 unspecified atom stereocenters. The van der Waals surface area contributed by atoms with E-state index in [0.717, 1.165) is 34.0 Å². The van der Waals surface area contributed by atoms with Crippen molar-refractivity contribution in [3.63, 3.8) is 0 Å². The third-order valence-corrected chi connectivity index (χ3v) is 4.06. The molecule has 0 radical (unpaired) electrons. The van der Waals surface area contributed by atoms with Crippen LogP contribution in [0.15, 0.2) is 85.3 Å². The second kappa shape index (κ2) is 7.94. The van der Waals surface area contributed by atoms with Gasteiger partial charge in [0.1, 0.15) is 12.7 Å². The van der Waals surface area contributed by atoms with Crippen molar-refractivity contribution >= 4 is 7.81 Å². The first-order chi connectivity index (χ1) is 14.8. The summed E-state index contributed by atoms with van der Waals surface area (Å²) in [6.45, 7) is 0. The molecule has 11 heteroatoms. The number of aryl methyl sites for hydroxylation is 1. The number of hydrogen-bond acceptors (Lipinski definition) is 3. The van der Waals surface area contributed by atoms with Crippen LogP contribution in [0.25, 0.3) is 34.0 Å². The van der Waals surface area contributed by atoms with E-state index in [1.54, 1.807) is 12.4 Å². The van der Waals surface area contributed by atoms with Gasteiger partial charge in [-0.1, -0.05) is 12.1 Å². The zero-order valence-electron chi connectivity index (χ0n) is 16.6. The molecule has 0 amide bonds. The molecule has 32 heavy (non-hydrogen) atoms. The number of halogens is 6. The summed E-state index contributed by atoms with van der Waals surface area (Å²) in [5.74, 6) is 0. The fourth-order valence-electron chi connectivity index (χ4n) is 2.84. The second-order valence-corrected chi connectivity index (χ2v) is 8.59. The van der Waals surface area contributed by atoms with E-state index in [0.29, 0.717) is 0 Å². The van der Waals surface area contributed by atoms with Gasteiger partial charge in [-0.2, -0.15) is 4.57 Å². The van der Waals surface area contributed by atoms with Crippen molar-refractivity contribution in [1.29, 1.82) is 0 Å². The number of aromatic nitrogens is 4. The van der Waals surface area contributed by atoms with Crippen LogP contribution in [0, 0.1) is 0 Å². The fraction of sp³-hybridized carbons (Fsp3) is 0.0476. The molecule has 0 saturated heterocycles. The van der Waals surface area contributed by atoms with Gasteiger partial charge in [-0.15, -0.1) is 0 Å². The van der Waals surface area contributed by atoms with Gasteiger partial charge in [0.15, 0.2) is 6.20 Å². The van der Waals surface area contributed by atoms with E-state index in [-0.39, 0.29) is 0 Å². The summed E-state index contributed by atoms with van der Waals surface area (Å²) in [4.78, 5) is 13.8. The molecule has 0 N–H and O–H groups in total. The molecular weight excluding hydrogens is 453 g/mol. The van der Waals surface area contributed by atoms with Gasteiger partial charge in [-0.3, -0.25) is 9.97 Å². The van der Waals surface area contributed by atoms with Gasteiger partial charge in [0, 0.05) is 30.1 Å². The topological polar surface area (TPSA) is 42.5 Å². The Morgan fingerprint density at radius 2 is 1.28 bits per heavy atom. The average molecular weight is 470 g/mol. The van der Waals surface area contributed by atoms with Gasteiger partial charge in [-0.05, 0) is 42.5 Å². The van der Waals surface area contributed by atoms with Crippen LogP contribution in [0.4, 0.5) is 25.2 Å². The minimum atomic E-state index is -10.7. The van der Waals surface area contributed by atoms with E-state index in [4.69, 9.17) is 4.98 Å². The second-order valence-electron chi connectivity index (χ2n) is 6.68. The Balaban J connectivity index is 0.000000360. The monoisotopic (exact) mass is 470 g/mol. The van der Waals surface area contributed by atoms with Crippen LogP contribution >= 0.6 is 7.81 Å². The molecular formula is C21H17F6N4P. The van der Waals surface area contributed by atoms with E-state index in [2.05, 4.69) is 20.6 Å². The van der Waals surface area contributed by atoms with E-state index in [9.17, 15) is 25.2 Å². The van der Waals surface area contributed by atoms with Crippen LogP contribution in [0.2, 0.25) is 0 Å². The van der Waals surface area contributed by atoms with Crippen molar-refractivity contribution in [2.24, 2.45) is 7.05 Å². The molecule has 168 valence electrons. The zero-order chi connectivity index (χ0) is 23.5. The van der Waals surface area contributed by atoms with Crippen LogP contribution in [0.5, 0.6) is 0 Å². The summed E-state index contributed by atoms with van der Waals surface area (Å²) in [5.41, 5.74) is 5.53. The molecule has 0 bridgehead atoms. The van der Waals surface area contributed by atoms with Crippen LogP contribution in [-0.4, -0.2) is 15.0 Å². The van der Waals surface area contributed by atoms with Crippen molar-refractivity contribution < 1.29 is 29.7 Å². The third-order valence-electron chi connectivity index (χ3n) is 4.06. The summed E-state index contributed by atoms with van der Waals surface area (Å²) < 4.78 is 61.3. The molecule has 4 aromatic rings. The summed E-state index contributed by atoms with van der Waals surface area (Å²) in [6.07, 6.45) is 5.59. The van der Waals surface area contributed by atoms with Crippen molar-refractivity contribution in [2.75, 3.05) is 0 Å². The van der Waals surface area contributed by atoms with Crippen molar-refractivity contribution in [2.45, 2.75) is 0 Å². The predicted octanol–water partition coefficient (Wildman–Crippen LogP) is 7.08. The number of hydrogen-bond donors (Lipinski definition) is 0. The Morgan fingerprint density at radius 3 is 1.94 bits per heavy atom. The van der Waals surface area contributed by atoms with Crippen molar-refractivity contribution in [3.8, 4) is 34.0 Å².